The highest BCUT2D eigenvalue weighted by atomic mass is 32.1. The van der Waals surface area contributed by atoms with E-state index in [-0.39, 0.29) is 21.1 Å². The molecule has 0 bridgehead atoms. The lowest BCUT2D eigenvalue weighted by Gasteiger charge is -2.31. The predicted octanol–water partition coefficient (Wildman–Crippen LogP) is 4.65. The van der Waals surface area contributed by atoms with E-state index in [4.69, 9.17) is 4.74 Å². The number of hydrogen-bond donors (Lipinski definition) is 1. The zero-order chi connectivity index (χ0) is 25.3. The van der Waals surface area contributed by atoms with Crippen LogP contribution in [0.4, 0.5) is 29.7 Å². The molecule has 0 unspecified atom stereocenters. The van der Waals surface area contributed by atoms with Crippen LogP contribution in [0.1, 0.15) is 30.1 Å². The molecular weight excluding hydrogens is 489 g/mol. The number of nitrogens with one attached hydrogen (secondary N) is 1. The van der Waals surface area contributed by atoms with Gasteiger partial charge in [-0.1, -0.05) is 18.3 Å². The Labute approximate surface area is 200 Å². The van der Waals surface area contributed by atoms with Gasteiger partial charge in [0.2, 0.25) is 0 Å². The van der Waals surface area contributed by atoms with E-state index in [1.165, 1.54) is 12.1 Å². The van der Waals surface area contributed by atoms with E-state index in [0.717, 1.165) is 25.0 Å². The molecule has 1 aliphatic rings. The molecule has 4 rings (SSSR count). The number of amides is 1. The van der Waals surface area contributed by atoms with Gasteiger partial charge in [0.15, 0.2) is 29.2 Å². The van der Waals surface area contributed by atoms with Gasteiger partial charge in [-0.05, 0) is 37.0 Å². The lowest BCUT2D eigenvalue weighted by molar-refractivity contribution is -0.384. The number of fused-ring (bicyclic) bond motifs is 1. The van der Waals surface area contributed by atoms with Crippen LogP contribution in [0.2, 0.25) is 0 Å². The summed E-state index contributed by atoms with van der Waals surface area (Å²) >= 11 is 0.704. The Morgan fingerprint density at radius 3 is 2.63 bits per heavy atom. The molecule has 1 fully saturated rings. The number of halogens is 3. The third-order valence-corrected chi connectivity index (χ3v) is 6.55. The highest BCUT2D eigenvalue weighted by molar-refractivity contribution is 7.22. The molecule has 0 aliphatic carbocycles. The molecule has 1 aliphatic heterocycles. The van der Waals surface area contributed by atoms with Crippen LogP contribution in [0.5, 0.6) is 0 Å². The SMILES string of the molecule is CC1CCN(c2ccc(C(=O)OCC(=O)Nc3nc4c(F)c(F)c(F)cc4s3)cc2[N+](=O)[O-])CC1. The monoisotopic (exact) mass is 508 g/mol. The van der Waals surface area contributed by atoms with E-state index in [1.54, 1.807) is 0 Å². The molecule has 1 N–H and O–H groups in total. The van der Waals surface area contributed by atoms with E-state index in [9.17, 15) is 32.9 Å². The highest BCUT2D eigenvalue weighted by Crippen LogP contribution is 2.33. The Bertz CT molecular complexity index is 1320. The number of nitrogens with zero attached hydrogens (tertiary/aromatic N) is 3. The van der Waals surface area contributed by atoms with Crippen molar-refractivity contribution in [2.45, 2.75) is 19.8 Å². The first-order valence-corrected chi connectivity index (χ1v) is 11.4. The molecule has 13 heteroatoms. The summed E-state index contributed by atoms with van der Waals surface area (Å²) in [5.41, 5.74) is -0.384. The van der Waals surface area contributed by atoms with Crippen LogP contribution in [0.25, 0.3) is 10.2 Å². The van der Waals surface area contributed by atoms with Crippen molar-refractivity contribution in [2.75, 3.05) is 29.9 Å². The molecule has 0 saturated carbocycles. The Balaban J connectivity index is 1.41. The van der Waals surface area contributed by atoms with E-state index in [2.05, 4.69) is 17.2 Å². The van der Waals surface area contributed by atoms with Crippen molar-refractivity contribution in [1.29, 1.82) is 0 Å². The average molecular weight is 508 g/mol. The number of nitro groups is 1. The molecule has 0 spiro atoms. The molecule has 1 aromatic heterocycles. The lowest BCUT2D eigenvalue weighted by atomic mass is 9.98. The van der Waals surface area contributed by atoms with Crippen molar-refractivity contribution in [3.63, 3.8) is 0 Å². The van der Waals surface area contributed by atoms with Gasteiger partial charge < -0.3 is 9.64 Å². The van der Waals surface area contributed by atoms with Crippen LogP contribution in [-0.2, 0) is 9.53 Å². The van der Waals surface area contributed by atoms with E-state index in [1.807, 2.05) is 4.90 Å². The number of benzene rings is 2. The molecule has 9 nitrogen and oxygen atoms in total. The van der Waals surface area contributed by atoms with E-state index >= 15 is 0 Å². The molecule has 0 radical (unpaired) electrons. The van der Waals surface area contributed by atoms with Crippen molar-refractivity contribution in [3.05, 3.63) is 57.4 Å². The van der Waals surface area contributed by atoms with E-state index in [0.29, 0.717) is 36.0 Å². The van der Waals surface area contributed by atoms with Gasteiger partial charge in [-0.2, -0.15) is 0 Å². The van der Waals surface area contributed by atoms with Gasteiger partial charge in [-0.25, -0.2) is 22.9 Å². The van der Waals surface area contributed by atoms with Crippen LogP contribution in [0, 0.1) is 33.5 Å². The second-order valence-corrected chi connectivity index (χ2v) is 9.14. The van der Waals surface area contributed by atoms with Crippen LogP contribution in [0.3, 0.4) is 0 Å². The van der Waals surface area contributed by atoms with Gasteiger partial charge in [-0.3, -0.25) is 20.2 Å². The zero-order valence-electron chi connectivity index (χ0n) is 18.3. The number of esters is 1. The molecule has 1 amide bonds. The fourth-order valence-electron chi connectivity index (χ4n) is 3.71. The van der Waals surface area contributed by atoms with Crippen molar-refractivity contribution in [1.82, 2.24) is 4.98 Å². The normalized spacial score (nSPS) is 14.2. The molecule has 35 heavy (non-hydrogen) atoms. The number of rotatable bonds is 6. The minimum atomic E-state index is -1.68. The molecular formula is C22H19F3N4O5S. The van der Waals surface area contributed by atoms with Crippen molar-refractivity contribution in [3.8, 4) is 0 Å². The number of carbonyl (C=O) groups is 2. The number of piperidine rings is 1. The standard InChI is InChI=1S/C22H19F3N4O5S/c1-11-4-6-28(7-5-11)14-3-2-12(8-15(14)29(32)33)21(31)34-10-17(30)26-22-27-20-16(35-22)9-13(23)18(24)19(20)25/h2-3,8-9,11H,4-7,10H2,1H3,(H,26,27,30). The number of hydrogen-bond acceptors (Lipinski definition) is 8. The fourth-order valence-corrected chi connectivity index (χ4v) is 4.62. The lowest BCUT2D eigenvalue weighted by Crippen LogP contribution is -2.33. The second kappa shape index (κ2) is 9.86. The van der Waals surface area contributed by atoms with Crippen LogP contribution in [-0.4, -0.2) is 41.5 Å². The van der Waals surface area contributed by atoms with Gasteiger partial charge in [0.1, 0.15) is 11.2 Å². The van der Waals surface area contributed by atoms with Gasteiger partial charge in [-0.15, -0.1) is 0 Å². The molecule has 2 aromatic carbocycles. The number of ether oxygens (including phenoxy) is 1. The van der Waals surface area contributed by atoms with Gasteiger partial charge in [0.05, 0.1) is 15.2 Å². The Morgan fingerprint density at radius 2 is 1.94 bits per heavy atom. The topological polar surface area (TPSA) is 115 Å². The summed E-state index contributed by atoms with van der Waals surface area (Å²) in [6.45, 7) is 2.69. The first-order valence-electron chi connectivity index (χ1n) is 10.6. The highest BCUT2D eigenvalue weighted by Gasteiger charge is 2.25. The van der Waals surface area contributed by atoms with Gasteiger partial charge in [0.25, 0.3) is 11.6 Å². The number of carbonyl (C=O) groups excluding carboxylic acids is 2. The fraction of sp³-hybridized carbons (Fsp3) is 0.318. The van der Waals surface area contributed by atoms with Crippen molar-refractivity contribution >= 4 is 49.9 Å². The van der Waals surface area contributed by atoms with Crippen molar-refractivity contribution < 1.29 is 32.4 Å². The summed E-state index contributed by atoms with van der Waals surface area (Å²) < 4.78 is 45.4. The summed E-state index contributed by atoms with van der Waals surface area (Å²) in [5.74, 6) is -5.80. The van der Waals surface area contributed by atoms with Crippen LogP contribution < -0.4 is 10.2 Å². The van der Waals surface area contributed by atoms with Crippen LogP contribution >= 0.6 is 11.3 Å². The molecule has 3 aromatic rings. The van der Waals surface area contributed by atoms with Gasteiger partial charge >= 0.3 is 5.97 Å². The minimum Gasteiger partial charge on any atom is -0.452 e. The van der Waals surface area contributed by atoms with Gasteiger partial charge in [0, 0.05) is 19.2 Å². The predicted molar refractivity (Wildman–Crippen MR) is 122 cm³/mol. The third kappa shape index (κ3) is 5.19. The summed E-state index contributed by atoms with van der Waals surface area (Å²) in [5, 5.41) is 13.7. The third-order valence-electron chi connectivity index (χ3n) is 5.63. The average Bonchev–Trinajstić information content (AvgIpc) is 3.23. The maximum atomic E-state index is 13.8. The minimum absolute atomic E-state index is 0.0238. The first-order chi connectivity index (χ1) is 16.6. The molecule has 1 saturated heterocycles. The Kier molecular flexibility index (Phi) is 6.87. The maximum Gasteiger partial charge on any atom is 0.338 e. The quantitative estimate of drug-likeness (QED) is 0.223. The smallest absolute Gasteiger partial charge is 0.338 e. The summed E-state index contributed by atoms with van der Waals surface area (Å²) in [6.07, 6.45) is 1.81. The molecule has 0 atom stereocenters. The van der Waals surface area contributed by atoms with Crippen molar-refractivity contribution in [2.24, 2.45) is 5.92 Å². The first kappa shape index (κ1) is 24.4. The largest absolute Gasteiger partial charge is 0.452 e. The van der Waals surface area contributed by atoms with Crippen LogP contribution in [0.15, 0.2) is 24.3 Å². The number of thiazole rings is 1. The number of aromatic nitrogens is 1. The zero-order valence-corrected chi connectivity index (χ0v) is 19.2. The number of anilines is 2. The number of nitro benzene ring substituents is 1. The summed E-state index contributed by atoms with van der Waals surface area (Å²) in [7, 11) is 0. The second-order valence-electron chi connectivity index (χ2n) is 8.11. The summed E-state index contributed by atoms with van der Waals surface area (Å²) in [4.78, 5) is 41.1. The van der Waals surface area contributed by atoms with E-state index < -0.39 is 46.4 Å². The molecule has 184 valence electrons. The molecule has 2 heterocycles. The summed E-state index contributed by atoms with van der Waals surface area (Å²) in [6, 6.07) is 4.73. The Morgan fingerprint density at radius 1 is 1.23 bits per heavy atom. The Hall–Kier alpha value is -3.74. The maximum absolute atomic E-state index is 13.8.